The first-order valence-electron chi connectivity index (χ1n) is 7.32. The minimum Gasteiger partial charge on any atom is -0.333 e. The fourth-order valence-corrected chi connectivity index (χ4v) is 4.02. The van der Waals surface area contributed by atoms with E-state index in [0.717, 1.165) is 35.9 Å². The molecule has 0 radical (unpaired) electrons. The smallest absolute Gasteiger partial charge is 0.264 e. The zero-order valence-electron chi connectivity index (χ0n) is 12.4. The van der Waals surface area contributed by atoms with Gasteiger partial charge in [0, 0.05) is 23.3 Å². The van der Waals surface area contributed by atoms with Gasteiger partial charge in [-0.1, -0.05) is 0 Å². The first-order chi connectivity index (χ1) is 10.1. The van der Waals surface area contributed by atoms with Crippen LogP contribution < -0.4 is 5.73 Å². The van der Waals surface area contributed by atoms with Crippen molar-refractivity contribution < 1.29 is 9.18 Å². The Labute approximate surface area is 139 Å². The molecule has 1 saturated heterocycles. The second-order valence-electron chi connectivity index (χ2n) is 5.71. The molecule has 0 spiro atoms. The van der Waals surface area contributed by atoms with Gasteiger partial charge in [0.25, 0.3) is 5.91 Å². The lowest BCUT2D eigenvalue weighted by Gasteiger charge is -2.37. The highest BCUT2D eigenvalue weighted by Gasteiger charge is 2.30. The number of rotatable bonds is 2. The number of carbonyl (C=O) groups excluding carboxylic acids is 1. The summed E-state index contributed by atoms with van der Waals surface area (Å²) in [5.74, 6) is -0.246. The molecule has 0 bridgehead atoms. The lowest BCUT2D eigenvalue weighted by molar-refractivity contribution is 0.0589. The molecular formula is C16H20ClFN2OS. The summed E-state index contributed by atoms with van der Waals surface area (Å²) in [5.41, 5.74) is 6.03. The fourth-order valence-electron chi connectivity index (χ4n) is 3.02. The first kappa shape index (κ1) is 17.2. The first-order valence-corrected chi connectivity index (χ1v) is 8.13. The fraction of sp³-hybridized carbons (Fsp3) is 0.438. The Bertz CT molecular complexity index is 673. The average molecular weight is 343 g/mol. The highest BCUT2D eigenvalue weighted by molar-refractivity contribution is 7.20. The molecular weight excluding hydrogens is 323 g/mol. The molecule has 6 heteroatoms. The largest absolute Gasteiger partial charge is 0.333 e. The second-order valence-corrected chi connectivity index (χ2v) is 6.80. The van der Waals surface area contributed by atoms with Crippen molar-refractivity contribution in [3.63, 3.8) is 0 Å². The molecule has 1 amide bonds. The van der Waals surface area contributed by atoms with Crippen LogP contribution >= 0.6 is 23.7 Å². The molecule has 2 heterocycles. The zero-order chi connectivity index (χ0) is 15.0. The van der Waals surface area contributed by atoms with Crippen LogP contribution in [0.2, 0.25) is 0 Å². The molecule has 0 saturated carbocycles. The van der Waals surface area contributed by atoms with Gasteiger partial charge in [-0.2, -0.15) is 0 Å². The quantitative estimate of drug-likeness (QED) is 0.902. The molecule has 1 aromatic heterocycles. The Morgan fingerprint density at radius 1 is 1.41 bits per heavy atom. The Morgan fingerprint density at radius 2 is 2.18 bits per heavy atom. The summed E-state index contributed by atoms with van der Waals surface area (Å²) in [6, 6.07) is 6.50. The van der Waals surface area contributed by atoms with E-state index in [0.29, 0.717) is 4.88 Å². The number of carbonyl (C=O) groups is 1. The van der Waals surface area contributed by atoms with Crippen LogP contribution in [0.5, 0.6) is 0 Å². The van der Waals surface area contributed by atoms with Gasteiger partial charge < -0.3 is 10.6 Å². The minimum atomic E-state index is -0.272. The van der Waals surface area contributed by atoms with Crippen molar-refractivity contribution in [2.24, 2.45) is 5.73 Å². The number of fused-ring (bicyclic) bond motifs is 1. The molecule has 1 aromatic carbocycles. The summed E-state index contributed by atoms with van der Waals surface area (Å²) in [6.45, 7) is 2.71. The molecule has 3 nitrogen and oxygen atoms in total. The van der Waals surface area contributed by atoms with E-state index >= 15 is 0 Å². The number of nitrogens with two attached hydrogens (primary N) is 1. The van der Waals surface area contributed by atoms with Gasteiger partial charge >= 0.3 is 0 Å². The summed E-state index contributed by atoms with van der Waals surface area (Å²) in [6.07, 6.45) is 3.10. The van der Waals surface area contributed by atoms with E-state index in [1.165, 1.54) is 23.5 Å². The van der Waals surface area contributed by atoms with Crippen molar-refractivity contribution in [2.75, 3.05) is 6.54 Å². The van der Waals surface area contributed by atoms with E-state index in [2.05, 4.69) is 0 Å². The third-order valence-electron chi connectivity index (χ3n) is 4.11. The van der Waals surface area contributed by atoms with Crippen LogP contribution in [0.25, 0.3) is 10.1 Å². The lowest BCUT2D eigenvalue weighted by atomic mass is 9.97. The highest BCUT2D eigenvalue weighted by Crippen LogP contribution is 2.29. The van der Waals surface area contributed by atoms with Crippen LogP contribution in [0.3, 0.4) is 0 Å². The Hall–Kier alpha value is -1.17. The SMILES string of the molecule is CC(N)C1CCCCN1C(=O)c1cc2cc(F)ccc2s1.Cl. The maximum atomic E-state index is 13.3. The van der Waals surface area contributed by atoms with Crippen LogP contribution in [-0.4, -0.2) is 29.4 Å². The number of thiophene rings is 1. The van der Waals surface area contributed by atoms with Gasteiger partial charge in [-0.25, -0.2) is 4.39 Å². The van der Waals surface area contributed by atoms with Crippen molar-refractivity contribution in [2.45, 2.75) is 38.3 Å². The van der Waals surface area contributed by atoms with Gasteiger partial charge in [0.1, 0.15) is 5.82 Å². The molecule has 2 unspecified atom stereocenters. The summed E-state index contributed by atoms with van der Waals surface area (Å²) >= 11 is 1.42. The van der Waals surface area contributed by atoms with Gasteiger partial charge in [0.2, 0.25) is 0 Å². The molecule has 2 atom stereocenters. The van der Waals surface area contributed by atoms with E-state index in [4.69, 9.17) is 5.73 Å². The van der Waals surface area contributed by atoms with Gasteiger partial charge in [0.15, 0.2) is 0 Å². The Kier molecular flexibility index (Phi) is 5.42. The van der Waals surface area contributed by atoms with Crippen LogP contribution in [0, 0.1) is 5.82 Å². The molecule has 0 aliphatic carbocycles. The second kappa shape index (κ2) is 6.94. The Morgan fingerprint density at radius 3 is 2.91 bits per heavy atom. The normalized spacial score (nSPS) is 19.8. The van der Waals surface area contributed by atoms with Crippen molar-refractivity contribution in [1.82, 2.24) is 4.90 Å². The standard InChI is InChI=1S/C16H19FN2OS.ClH/c1-10(18)13-4-2-3-7-19(13)16(20)15-9-11-8-12(17)5-6-14(11)21-15;/h5-6,8-10,13H,2-4,7,18H2,1H3;1H. The monoisotopic (exact) mass is 342 g/mol. The van der Waals surface area contributed by atoms with Crippen molar-refractivity contribution in [3.05, 3.63) is 35.0 Å². The third kappa shape index (κ3) is 3.26. The van der Waals surface area contributed by atoms with E-state index < -0.39 is 0 Å². The number of halogens is 2. The zero-order valence-corrected chi connectivity index (χ0v) is 14.1. The maximum Gasteiger partial charge on any atom is 0.264 e. The third-order valence-corrected chi connectivity index (χ3v) is 5.21. The predicted molar refractivity (Wildman–Crippen MR) is 91.4 cm³/mol. The summed E-state index contributed by atoms with van der Waals surface area (Å²) < 4.78 is 14.2. The predicted octanol–water partition coefficient (Wildman–Crippen LogP) is 3.80. The summed E-state index contributed by atoms with van der Waals surface area (Å²) in [5, 5.41) is 0.790. The highest BCUT2D eigenvalue weighted by atomic mass is 35.5. The summed E-state index contributed by atoms with van der Waals surface area (Å²) in [7, 11) is 0. The number of nitrogens with zero attached hydrogens (tertiary/aromatic N) is 1. The molecule has 2 N–H and O–H groups in total. The number of hydrogen-bond donors (Lipinski definition) is 1. The van der Waals surface area contributed by atoms with E-state index in [1.807, 2.05) is 11.8 Å². The lowest BCUT2D eigenvalue weighted by Crippen LogP contribution is -2.51. The van der Waals surface area contributed by atoms with Gasteiger partial charge in [-0.3, -0.25) is 4.79 Å². The van der Waals surface area contributed by atoms with Gasteiger partial charge in [-0.05, 0) is 55.8 Å². The number of hydrogen-bond acceptors (Lipinski definition) is 3. The average Bonchev–Trinajstić information content (AvgIpc) is 2.89. The molecule has 1 aliphatic heterocycles. The molecule has 22 heavy (non-hydrogen) atoms. The van der Waals surface area contributed by atoms with Crippen LogP contribution in [0.15, 0.2) is 24.3 Å². The van der Waals surface area contributed by atoms with Crippen molar-refractivity contribution in [3.8, 4) is 0 Å². The summed E-state index contributed by atoms with van der Waals surface area (Å²) in [4.78, 5) is 15.3. The van der Waals surface area contributed by atoms with E-state index in [1.54, 1.807) is 12.1 Å². The number of benzene rings is 1. The minimum absolute atomic E-state index is 0. The van der Waals surface area contributed by atoms with Crippen LogP contribution in [0.4, 0.5) is 4.39 Å². The van der Waals surface area contributed by atoms with Crippen molar-refractivity contribution in [1.29, 1.82) is 0 Å². The number of piperidine rings is 1. The molecule has 3 rings (SSSR count). The van der Waals surface area contributed by atoms with E-state index in [9.17, 15) is 9.18 Å². The molecule has 120 valence electrons. The molecule has 1 aliphatic rings. The van der Waals surface area contributed by atoms with Gasteiger partial charge in [-0.15, -0.1) is 23.7 Å². The molecule has 1 fully saturated rings. The van der Waals surface area contributed by atoms with Crippen molar-refractivity contribution >= 4 is 39.7 Å². The number of likely N-dealkylation sites (tertiary alicyclic amines) is 1. The van der Waals surface area contributed by atoms with E-state index in [-0.39, 0.29) is 36.2 Å². The number of amides is 1. The molecule has 2 aromatic rings. The maximum absolute atomic E-state index is 13.3. The van der Waals surface area contributed by atoms with Crippen LogP contribution in [0.1, 0.15) is 35.9 Å². The topological polar surface area (TPSA) is 46.3 Å². The van der Waals surface area contributed by atoms with Gasteiger partial charge in [0.05, 0.1) is 4.88 Å². The Balaban J connectivity index is 0.00000176. The van der Waals surface area contributed by atoms with Crippen LogP contribution in [-0.2, 0) is 0 Å².